The first-order valence-corrected chi connectivity index (χ1v) is 13.2. The van der Waals surface area contributed by atoms with Crippen molar-refractivity contribution < 1.29 is 0 Å². The van der Waals surface area contributed by atoms with Gasteiger partial charge in [-0.1, -0.05) is 12.1 Å². The molecule has 0 aliphatic carbocycles. The van der Waals surface area contributed by atoms with Crippen LogP contribution in [0.1, 0.15) is 17.5 Å². The van der Waals surface area contributed by atoms with Crippen LogP contribution >= 0.6 is 0 Å². The maximum Gasteiger partial charge on any atom is 0.185 e. The van der Waals surface area contributed by atoms with E-state index in [1.54, 1.807) is 0 Å². The van der Waals surface area contributed by atoms with Gasteiger partial charge in [0.1, 0.15) is 6.33 Å². The number of hydrogen-bond acceptors (Lipinski definition) is 6. The Morgan fingerprint density at radius 1 is 1.00 bits per heavy atom. The number of fused-ring (bicyclic) bond motifs is 5. The Labute approximate surface area is 216 Å². The standard InChI is InChI=1S/C29H30N8/c30-15-21-1-3-23(4-2-21)24-14-28-29-33-32-20-37(29)27-6-5-26(13-25(27)19-36(28)18-24)35-10-7-22(17-35)16-34-11-8-31-9-12-34/h1-6,13-14,18,20,22,31H,7-12,16-17,19H2. The summed E-state index contributed by atoms with van der Waals surface area (Å²) in [4.78, 5) is 5.18. The lowest BCUT2D eigenvalue weighted by Gasteiger charge is -2.29. The first-order chi connectivity index (χ1) is 18.2. The van der Waals surface area contributed by atoms with Crippen LogP contribution in [-0.2, 0) is 6.54 Å². The summed E-state index contributed by atoms with van der Waals surface area (Å²) in [5, 5.41) is 21.4. The Kier molecular flexibility index (Phi) is 5.53. The number of piperazine rings is 1. The van der Waals surface area contributed by atoms with E-state index >= 15 is 0 Å². The van der Waals surface area contributed by atoms with Gasteiger partial charge in [-0.15, -0.1) is 10.2 Å². The number of hydrogen-bond donors (Lipinski definition) is 1. The summed E-state index contributed by atoms with van der Waals surface area (Å²) in [6.45, 7) is 8.78. The largest absolute Gasteiger partial charge is 0.371 e. The van der Waals surface area contributed by atoms with Gasteiger partial charge in [0, 0.05) is 69.8 Å². The second-order valence-corrected chi connectivity index (χ2v) is 10.4. The van der Waals surface area contributed by atoms with Crippen molar-refractivity contribution in [2.45, 2.75) is 13.0 Å². The van der Waals surface area contributed by atoms with E-state index in [0.29, 0.717) is 5.56 Å². The van der Waals surface area contributed by atoms with Crippen molar-refractivity contribution in [3.05, 3.63) is 72.2 Å². The molecule has 8 nitrogen and oxygen atoms in total. The lowest BCUT2D eigenvalue weighted by Crippen LogP contribution is -2.45. The molecule has 1 atom stereocenters. The Balaban J connectivity index is 1.17. The van der Waals surface area contributed by atoms with Crippen LogP contribution in [0.5, 0.6) is 0 Å². The first-order valence-electron chi connectivity index (χ1n) is 13.2. The third kappa shape index (κ3) is 4.10. The Hall–Kier alpha value is -3.93. The fourth-order valence-corrected chi connectivity index (χ4v) is 6.10. The van der Waals surface area contributed by atoms with Crippen LogP contribution in [0.15, 0.2) is 61.1 Å². The number of nitrogens with zero attached hydrogens (tertiary/aromatic N) is 7. The SMILES string of the molecule is N#Cc1ccc(-c2cc3n(c2)Cc2cc(N4CCC(CN5CCNCC5)C4)ccc2-n2cnnc2-3)cc1. The fourth-order valence-electron chi connectivity index (χ4n) is 6.10. The maximum atomic E-state index is 9.15. The predicted molar refractivity (Wildman–Crippen MR) is 144 cm³/mol. The molecule has 2 aromatic carbocycles. The lowest BCUT2D eigenvalue weighted by molar-refractivity contribution is 0.212. The van der Waals surface area contributed by atoms with E-state index < -0.39 is 0 Å². The van der Waals surface area contributed by atoms with Crippen molar-refractivity contribution in [3.8, 4) is 34.4 Å². The number of nitrogens with one attached hydrogen (secondary N) is 1. The molecule has 186 valence electrons. The molecular formula is C29H30N8. The van der Waals surface area contributed by atoms with Gasteiger partial charge >= 0.3 is 0 Å². The van der Waals surface area contributed by atoms with E-state index in [9.17, 15) is 0 Å². The van der Waals surface area contributed by atoms with Crippen molar-refractivity contribution >= 4 is 5.69 Å². The molecule has 5 heterocycles. The molecule has 0 amide bonds. The highest BCUT2D eigenvalue weighted by Crippen LogP contribution is 2.35. The second kappa shape index (κ2) is 9.18. The Morgan fingerprint density at radius 2 is 1.86 bits per heavy atom. The minimum atomic E-state index is 0.669. The van der Waals surface area contributed by atoms with Gasteiger partial charge in [-0.25, -0.2) is 0 Å². The molecule has 37 heavy (non-hydrogen) atoms. The number of aromatic nitrogens is 4. The summed E-state index contributed by atoms with van der Waals surface area (Å²) in [7, 11) is 0. The maximum absolute atomic E-state index is 9.15. The summed E-state index contributed by atoms with van der Waals surface area (Å²) >= 11 is 0. The normalized spacial score (nSPS) is 19.1. The molecule has 7 rings (SSSR count). The second-order valence-electron chi connectivity index (χ2n) is 10.4. The topological polar surface area (TPSA) is 77.9 Å². The van der Waals surface area contributed by atoms with Crippen LogP contribution in [-0.4, -0.2) is 70.0 Å². The van der Waals surface area contributed by atoms with Crippen molar-refractivity contribution in [1.82, 2.24) is 29.5 Å². The molecule has 0 radical (unpaired) electrons. The molecule has 2 saturated heterocycles. The smallest absolute Gasteiger partial charge is 0.185 e. The molecular weight excluding hydrogens is 460 g/mol. The van der Waals surface area contributed by atoms with Gasteiger partial charge in [0.05, 0.1) is 23.0 Å². The van der Waals surface area contributed by atoms with Crippen LogP contribution in [0.3, 0.4) is 0 Å². The van der Waals surface area contributed by atoms with E-state index in [1.807, 2.05) is 30.6 Å². The van der Waals surface area contributed by atoms with Gasteiger partial charge in [-0.2, -0.15) is 5.26 Å². The number of rotatable bonds is 4. The third-order valence-corrected chi connectivity index (χ3v) is 8.06. The average Bonchev–Trinajstić information content (AvgIpc) is 3.68. The van der Waals surface area contributed by atoms with E-state index in [1.165, 1.54) is 37.3 Å². The zero-order valence-electron chi connectivity index (χ0n) is 20.8. The van der Waals surface area contributed by atoms with Crippen LogP contribution in [0, 0.1) is 17.2 Å². The summed E-state index contributed by atoms with van der Waals surface area (Å²) in [5.41, 5.74) is 7.64. The van der Waals surface area contributed by atoms with Gasteiger partial charge < -0.3 is 19.7 Å². The molecule has 1 N–H and O–H groups in total. The molecule has 8 heteroatoms. The first kappa shape index (κ1) is 22.3. The minimum Gasteiger partial charge on any atom is -0.371 e. The number of anilines is 1. The lowest BCUT2D eigenvalue weighted by atomic mass is 10.1. The van der Waals surface area contributed by atoms with Gasteiger partial charge in [0.2, 0.25) is 0 Å². The van der Waals surface area contributed by atoms with Gasteiger partial charge in [0.15, 0.2) is 5.82 Å². The highest BCUT2D eigenvalue weighted by Gasteiger charge is 2.27. The third-order valence-electron chi connectivity index (χ3n) is 8.06. The molecule has 0 saturated carbocycles. The van der Waals surface area contributed by atoms with Gasteiger partial charge in [-0.05, 0) is 59.9 Å². The summed E-state index contributed by atoms with van der Waals surface area (Å²) < 4.78 is 4.39. The quantitative estimate of drug-likeness (QED) is 0.416. The predicted octanol–water partition coefficient (Wildman–Crippen LogP) is 3.37. The zero-order valence-corrected chi connectivity index (χ0v) is 20.8. The van der Waals surface area contributed by atoms with Crippen molar-refractivity contribution in [2.24, 2.45) is 5.92 Å². The van der Waals surface area contributed by atoms with Crippen LogP contribution in [0.25, 0.3) is 28.3 Å². The molecule has 3 aliphatic heterocycles. The summed E-state index contributed by atoms with van der Waals surface area (Å²) in [6, 6.07) is 19.0. The number of benzene rings is 2. The van der Waals surface area contributed by atoms with E-state index in [2.05, 4.69) is 71.0 Å². The highest BCUT2D eigenvalue weighted by atomic mass is 15.3. The van der Waals surface area contributed by atoms with Crippen LogP contribution in [0.4, 0.5) is 5.69 Å². The molecule has 2 aromatic heterocycles. The Bertz CT molecular complexity index is 1470. The molecule has 0 spiro atoms. The minimum absolute atomic E-state index is 0.669. The van der Waals surface area contributed by atoms with Crippen LogP contribution in [0.2, 0.25) is 0 Å². The molecule has 0 bridgehead atoms. The van der Waals surface area contributed by atoms with Gasteiger partial charge in [0.25, 0.3) is 0 Å². The monoisotopic (exact) mass is 490 g/mol. The Morgan fingerprint density at radius 3 is 2.70 bits per heavy atom. The fraction of sp³-hybridized carbons (Fsp3) is 0.345. The zero-order chi connectivity index (χ0) is 24.8. The van der Waals surface area contributed by atoms with E-state index in [4.69, 9.17) is 5.26 Å². The molecule has 2 fully saturated rings. The summed E-state index contributed by atoms with van der Waals surface area (Å²) in [5.74, 6) is 1.58. The van der Waals surface area contributed by atoms with Crippen molar-refractivity contribution in [3.63, 3.8) is 0 Å². The molecule has 1 unspecified atom stereocenters. The molecule has 4 aromatic rings. The van der Waals surface area contributed by atoms with Crippen molar-refractivity contribution in [2.75, 3.05) is 50.7 Å². The summed E-state index contributed by atoms with van der Waals surface area (Å²) in [6.07, 6.45) is 5.26. The number of nitriles is 1. The van der Waals surface area contributed by atoms with E-state index in [-0.39, 0.29) is 0 Å². The van der Waals surface area contributed by atoms with Crippen molar-refractivity contribution in [1.29, 1.82) is 5.26 Å². The van der Waals surface area contributed by atoms with Crippen LogP contribution < -0.4 is 10.2 Å². The van der Waals surface area contributed by atoms with Gasteiger partial charge in [-0.3, -0.25) is 4.57 Å². The van der Waals surface area contributed by atoms with E-state index in [0.717, 1.165) is 67.0 Å². The average molecular weight is 491 g/mol. The molecule has 3 aliphatic rings. The highest BCUT2D eigenvalue weighted by molar-refractivity contribution is 5.72.